The Balaban J connectivity index is 2.11. The second-order valence-corrected chi connectivity index (χ2v) is 5.60. The van der Waals surface area contributed by atoms with Crippen LogP contribution in [0.3, 0.4) is 0 Å². The first kappa shape index (κ1) is 12.6. The van der Waals surface area contributed by atoms with Crippen molar-refractivity contribution in [1.29, 1.82) is 0 Å². The second-order valence-electron chi connectivity index (χ2n) is 4.95. The van der Waals surface area contributed by atoms with Crippen LogP contribution in [0.15, 0.2) is 35.6 Å². The third kappa shape index (κ3) is 1.86. The van der Waals surface area contributed by atoms with Gasteiger partial charge in [0.2, 0.25) is 5.78 Å². The number of halogens is 1. The maximum atomic E-state index is 12.5. The van der Waals surface area contributed by atoms with E-state index in [1.165, 1.54) is 0 Å². The summed E-state index contributed by atoms with van der Waals surface area (Å²) in [5.41, 5.74) is 1.49. The number of rotatable bonds is 1. The first-order valence-electron chi connectivity index (χ1n) is 6.27. The Morgan fingerprint density at radius 2 is 1.84 bits per heavy atom. The van der Waals surface area contributed by atoms with E-state index in [2.05, 4.69) is 15.9 Å². The molecule has 0 saturated carbocycles. The molecule has 0 radical (unpaired) electrons. The van der Waals surface area contributed by atoms with Crippen LogP contribution in [0.1, 0.15) is 34.1 Å². The molecule has 1 heterocycles. The molecule has 0 amide bonds. The number of fused-ring (bicyclic) bond motifs is 1. The van der Waals surface area contributed by atoms with Crippen LogP contribution < -0.4 is 0 Å². The summed E-state index contributed by atoms with van der Waals surface area (Å²) < 4.78 is 5.71. The van der Waals surface area contributed by atoms with E-state index in [-0.39, 0.29) is 29.3 Å². The van der Waals surface area contributed by atoms with E-state index < -0.39 is 0 Å². The molecule has 3 nitrogen and oxygen atoms in total. The lowest BCUT2D eigenvalue weighted by Gasteiger charge is -2.33. The van der Waals surface area contributed by atoms with Gasteiger partial charge in [-0.2, -0.15) is 0 Å². The average Bonchev–Trinajstić information content (AvgIpc) is 2.44. The molecule has 0 bridgehead atoms. The molecular formula is C15H13BrO3. The Morgan fingerprint density at radius 3 is 2.47 bits per heavy atom. The Kier molecular flexibility index (Phi) is 3.05. The first-order chi connectivity index (χ1) is 9.13. The van der Waals surface area contributed by atoms with Crippen LogP contribution in [0.5, 0.6) is 0 Å². The summed E-state index contributed by atoms with van der Waals surface area (Å²) >= 11 is 3.44. The highest BCUT2D eigenvalue weighted by Crippen LogP contribution is 2.37. The minimum Gasteiger partial charge on any atom is -0.486 e. The number of allylic oxidation sites excluding steroid dienone is 2. The molecule has 0 spiro atoms. The number of hydrogen-bond acceptors (Lipinski definition) is 3. The summed E-state index contributed by atoms with van der Waals surface area (Å²) in [6.07, 6.45) is 0.542. The largest absolute Gasteiger partial charge is 0.486 e. The molecule has 2 atom stereocenters. The monoisotopic (exact) mass is 320 g/mol. The Morgan fingerprint density at radius 1 is 1.21 bits per heavy atom. The fraction of sp³-hybridized carbons (Fsp3) is 0.333. The van der Waals surface area contributed by atoms with E-state index in [1.807, 2.05) is 6.92 Å². The van der Waals surface area contributed by atoms with Gasteiger partial charge < -0.3 is 4.74 Å². The predicted molar refractivity (Wildman–Crippen MR) is 74.6 cm³/mol. The number of hydrogen-bond donors (Lipinski definition) is 0. The molecule has 0 aromatic heterocycles. The maximum absolute atomic E-state index is 12.5. The molecule has 19 heavy (non-hydrogen) atoms. The fourth-order valence-electron chi connectivity index (χ4n) is 2.60. The van der Waals surface area contributed by atoms with Crippen molar-refractivity contribution < 1.29 is 14.3 Å². The summed E-state index contributed by atoms with van der Waals surface area (Å²) in [6.45, 7) is 1.94. The van der Waals surface area contributed by atoms with E-state index in [0.717, 1.165) is 5.33 Å². The molecule has 3 rings (SSSR count). The molecule has 1 aliphatic carbocycles. The molecule has 4 heteroatoms. The van der Waals surface area contributed by atoms with Crippen LogP contribution in [-0.2, 0) is 4.74 Å². The summed E-state index contributed by atoms with van der Waals surface area (Å²) in [4.78, 5) is 24.8. The number of benzene rings is 1. The molecule has 1 aromatic carbocycles. The Hall–Kier alpha value is -1.42. The fourth-order valence-corrected chi connectivity index (χ4v) is 3.36. The number of Topliss-reactive ketones (excluding diaryl/α,β-unsaturated/α-hetero) is 2. The van der Waals surface area contributed by atoms with Gasteiger partial charge in [0.25, 0.3) is 0 Å². The quantitative estimate of drug-likeness (QED) is 0.747. The average molecular weight is 321 g/mol. The molecule has 0 fully saturated rings. The minimum atomic E-state index is -0.162. The standard InChI is InChI=1S/C15H13BrO3/c1-8-9(7-16)6-12-13(17)10-4-2-3-5-11(10)14(18)15(12)19-8/h2-5,8-9H,6-7H2,1H3/t8-,9-/m1/s1. The molecule has 0 unspecified atom stereocenters. The van der Waals surface area contributed by atoms with E-state index in [1.54, 1.807) is 24.3 Å². The number of ketones is 2. The third-order valence-electron chi connectivity index (χ3n) is 3.80. The zero-order chi connectivity index (χ0) is 13.6. The topological polar surface area (TPSA) is 43.4 Å². The van der Waals surface area contributed by atoms with E-state index in [4.69, 9.17) is 4.74 Å². The van der Waals surface area contributed by atoms with Crippen LogP contribution in [0, 0.1) is 5.92 Å². The van der Waals surface area contributed by atoms with Gasteiger partial charge in [0.1, 0.15) is 6.10 Å². The third-order valence-corrected chi connectivity index (χ3v) is 4.63. The highest BCUT2D eigenvalue weighted by molar-refractivity contribution is 9.09. The van der Waals surface area contributed by atoms with Crippen LogP contribution in [0.2, 0.25) is 0 Å². The van der Waals surface area contributed by atoms with Gasteiger partial charge in [-0.25, -0.2) is 0 Å². The van der Waals surface area contributed by atoms with Crippen LogP contribution in [0.4, 0.5) is 0 Å². The van der Waals surface area contributed by atoms with E-state index in [0.29, 0.717) is 23.1 Å². The summed E-state index contributed by atoms with van der Waals surface area (Å²) in [6, 6.07) is 6.94. The van der Waals surface area contributed by atoms with E-state index >= 15 is 0 Å². The number of ether oxygens (including phenoxy) is 1. The van der Waals surface area contributed by atoms with Crippen molar-refractivity contribution in [3.8, 4) is 0 Å². The lowest BCUT2D eigenvalue weighted by molar-refractivity contribution is 0.0504. The zero-order valence-electron chi connectivity index (χ0n) is 10.5. The smallest absolute Gasteiger partial charge is 0.228 e. The van der Waals surface area contributed by atoms with E-state index in [9.17, 15) is 9.59 Å². The van der Waals surface area contributed by atoms with Gasteiger partial charge in [-0.15, -0.1) is 0 Å². The highest BCUT2D eigenvalue weighted by atomic mass is 79.9. The van der Waals surface area contributed by atoms with Gasteiger partial charge in [0.15, 0.2) is 11.5 Å². The number of carbonyl (C=O) groups excluding carboxylic acids is 2. The number of alkyl halides is 1. The van der Waals surface area contributed by atoms with Crippen molar-refractivity contribution in [3.05, 3.63) is 46.7 Å². The maximum Gasteiger partial charge on any atom is 0.228 e. The van der Waals surface area contributed by atoms with Gasteiger partial charge in [-0.3, -0.25) is 9.59 Å². The van der Waals surface area contributed by atoms with Crippen molar-refractivity contribution >= 4 is 27.5 Å². The molecule has 2 aliphatic rings. The normalized spacial score (nSPS) is 25.8. The predicted octanol–water partition coefficient (Wildman–Crippen LogP) is 3.14. The molecule has 0 saturated heterocycles. The van der Waals surface area contributed by atoms with Crippen LogP contribution >= 0.6 is 15.9 Å². The molecule has 98 valence electrons. The molecule has 1 aromatic rings. The molecule has 1 aliphatic heterocycles. The first-order valence-corrected chi connectivity index (χ1v) is 7.39. The van der Waals surface area contributed by atoms with Crippen molar-refractivity contribution in [2.24, 2.45) is 5.92 Å². The summed E-state index contributed by atoms with van der Waals surface area (Å²) in [5.74, 6) is 0.252. The minimum absolute atomic E-state index is 0.0554. The van der Waals surface area contributed by atoms with Gasteiger partial charge in [0.05, 0.1) is 0 Å². The lowest BCUT2D eigenvalue weighted by atomic mass is 9.81. The van der Waals surface area contributed by atoms with Gasteiger partial charge in [-0.05, 0) is 13.3 Å². The zero-order valence-corrected chi connectivity index (χ0v) is 12.1. The number of carbonyl (C=O) groups is 2. The van der Waals surface area contributed by atoms with Crippen molar-refractivity contribution in [3.63, 3.8) is 0 Å². The van der Waals surface area contributed by atoms with Crippen molar-refractivity contribution in [2.45, 2.75) is 19.4 Å². The van der Waals surface area contributed by atoms with Crippen molar-refractivity contribution in [1.82, 2.24) is 0 Å². The molecular weight excluding hydrogens is 308 g/mol. The van der Waals surface area contributed by atoms with Gasteiger partial charge in [0, 0.05) is 27.9 Å². The van der Waals surface area contributed by atoms with Gasteiger partial charge in [-0.1, -0.05) is 40.2 Å². The lowest BCUT2D eigenvalue weighted by Crippen LogP contribution is -2.35. The summed E-state index contributed by atoms with van der Waals surface area (Å²) in [5, 5.41) is 0.758. The van der Waals surface area contributed by atoms with Crippen molar-refractivity contribution in [2.75, 3.05) is 5.33 Å². The SMILES string of the molecule is C[C@H]1OC2=C(C[C@@H]1CBr)C(=O)c1ccccc1C2=O. The van der Waals surface area contributed by atoms with Crippen LogP contribution in [0.25, 0.3) is 0 Å². The Labute approximate surface area is 119 Å². The van der Waals surface area contributed by atoms with Crippen LogP contribution in [-0.4, -0.2) is 23.0 Å². The Bertz CT molecular complexity index is 603. The summed E-state index contributed by atoms with van der Waals surface area (Å²) in [7, 11) is 0. The second kappa shape index (κ2) is 4.60. The van der Waals surface area contributed by atoms with Gasteiger partial charge >= 0.3 is 0 Å². The highest BCUT2D eigenvalue weighted by Gasteiger charge is 2.39. The molecule has 0 N–H and O–H groups in total.